The number of nitrogens with one attached hydrogen (secondary N) is 1. The van der Waals surface area contributed by atoms with E-state index in [-0.39, 0.29) is 0 Å². The van der Waals surface area contributed by atoms with Crippen LogP contribution in [0.2, 0.25) is 0 Å². The monoisotopic (exact) mass is 325 g/mol. The number of rotatable bonds is 5. The minimum absolute atomic E-state index is 0.513. The van der Waals surface area contributed by atoms with Gasteiger partial charge in [0.05, 0.1) is 12.3 Å². The molecule has 6 nitrogen and oxygen atoms in total. The van der Waals surface area contributed by atoms with Crippen molar-refractivity contribution in [2.45, 2.75) is 18.4 Å². The molecule has 1 aliphatic rings. The summed E-state index contributed by atoms with van der Waals surface area (Å²) in [6, 6.07) is 13.4. The average molecular weight is 325 g/mol. The van der Waals surface area contributed by atoms with Gasteiger partial charge in [-0.1, -0.05) is 48.5 Å². The van der Waals surface area contributed by atoms with Gasteiger partial charge in [0.1, 0.15) is 6.04 Å². The highest BCUT2D eigenvalue weighted by Gasteiger charge is 2.35. The number of fused-ring (bicyclic) bond motifs is 3. The zero-order chi connectivity index (χ0) is 17.3. The second-order valence-corrected chi connectivity index (χ2v) is 5.60. The molecule has 0 heterocycles. The number of carboxylic acids is 2. The fourth-order valence-electron chi connectivity index (χ4n) is 3.07. The first-order chi connectivity index (χ1) is 11.5. The largest absolute Gasteiger partial charge is 0.481 e. The number of hydrogen-bond donors (Lipinski definition) is 3. The summed E-state index contributed by atoms with van der Waals surface area (Å²) < 4.78 is 0. The van der Waals surface area contributed by atoms with E-state index >= 15 is 0 Å². The summed E-state index contributed by atoms with van der Waals surface area (Å²) in [5, 5.41) is 20.3. The van der Waals surface area contributed by atoms with Crippen LogP contribution in [-0.2, 0) is 14.4 Å². The SMILES string of the molecule is O=C(O)C[C@H](NC(=O)C1c2ccccc2-c2ccccc21)C(=O)O. The highest BCUT2D eigenvalue weighted by molar-refractivity contribution is 5.98. The van der Waals surface area contributed by atoms with E-state index in [9.17, 15) is 14.4 Å². The van der Waals surface area contributed by atoms with Gasteiger partial charge >= 0.3 is 11.9 Å². The Kier molecular flexibility index (Phi) is 4.04. The van der Waals surface area contributed by atoms with Crippen LogP contribution in [0.15, 0.2) is 48.5 Å². The van der Waals surface area contributed by atoms with Gasteiger partial charge in [-0.05, 0) is 22.3 Å². The van der Waals surface area contributed by atoms with Crippen molar-refractivity contribution in [1.29, 1.82) is 0 Å². The van der Waals surface area contributed by atoms with Crippen LogP contribution in [0.3, 0.4) is 0 Å². The molecule has 0 radical (unpaired) electrons. The molecule has 0 aromatic heterocycles. The predicted molar refractivity (Wildman–Crippen MR) is 85.5 cm³/mol. The molecule has 0 fully saturated rings. The van der Waals surface area contributed by atoms with Crippen molar-refractivity contribution in [2.24, 2.45) is 0 Å². The van der Waals surface area contributed by atoms with Gasteiger partial charge in [-0.2, -0.15) is 0 Å². The molecule has 122 valence electrons. The Morgan fingerprint density at radius 3 is 1.88 bits per heavy atom. The number of carbonyl (C=O) groups is 3. The fourth-order valence-corrected chi connectivity index (χ4v) is 3.07. The number of carboxylic acid groups (broad SMARTS) is 2. The second kappa shape index (κ2) is 6.16. The zero-order valence-electron chi connectivity index (χ0n) is 12.6. The molecule has 0 bridgehead atoms. The highest BCUT2D eigenvalue weighted by atomic mass is 16.4. The lowest BCUT2D eigenvalue weighted by Crippen LogP contribution is -2.44. The van der Waals surface area contributed by atoms with Gasteiger partial charge in [0.15, 0.2) is 0 Å². The van der Waals surface area contributed by atoms with Crippen LogP contribution in [0.25, 0.3) is 11.1 Å². The van der Waals surface area contributed by atoms with Crippen molar-refractivity contribution in [3.63, 3.8) is 0 Å². The van der Waals surface area contributed by atoms with Crippen molar-refractivity contribution in [2.75, 3.05) is 0 Å². The van der Waals surface area contributed by atoms with Crippen LogP contribution >= 0.6 is 0 Å². The Morgan fingerprint density at radius 2 is 1.42 bits per heavy atom. The summed E-state index contributed by atoms with van der Waals surface area (Å²) in [7, 11) is 0. The maximum absolute atomic E-state index is 12.7. The van der Waals surface area contributed by atoms with Crippen molar-refractivity contribution in [3.8, 4) is 11.1 Å². The Balaban J connectivity index is 1.95. The van der Waals surface area contributed by atoms with Gasteiger partial charge in [-0.15, -0.1) is 0 Å². The van der Waals surface area contributed by atoms with E-state index in [2.05, 4.69) is 5.32 Å². The average Bonchev–Trinajstić information content (AvgIpc) is 2.88. The third-order valence-corrected chi connectivity index (χ3v) is 4.09. The minimum atomic E-state index is -1.46. The third kappa shape index (κ3) is 2.74. The second-order valence-electron chi connectivity index (χ2n) is 5.60. The van der Waals surface area contributed by atoms with E-state index < -0.39 is 36.2 Å². The first-order valence-corrected chi connectivity index (χ1v) is 7.42. The predicted octanol–water partition coefficient (Wildman–Crippen LogP) is 1.84. The van der Waals surface area contributed by atoms with Crippen molar-refractivity contribution in [1.82, 2.24) is 5.32 Å². The summed E-state index contributed by atoms with van der Waals surface area (Å²) in [6.45, 7) is 0. The first kappa shape index (κ1) is 15.7. The Labute approximate surface area is 137 Å². The maximum Gasteiger partial charge on any atom is 0.326 e. The van der Waals surface area contributed by atoms with Crippen LogP contribution in [-0.4, -0.2) is 34.1 Å². The summed E-state index contributed by atoms with van der Waals surface area (Å²) >= 11 is 0. The number of benzene rings is 2. The fraction of sp³-hybridized carbons (Fsp3) is 0.167. The molecule has 3 N–H and O–H groups in total. The number of hydrogen-bond acceptors (Lipinski definition) is 3. The van der Waals surface area contributed by atoms with Gasteiger partial charge < -0.3 is 15.5 Å². The quantitative estimate of drug-likeness (QED) is 0.778. The molecule has 6 heteroatoms. The van der Waals surface area contributed by atoms with Crippen molar-refractivity contribution < 1.29 is 24.6 Å². The molecule has 1 aliphatic carbocycles. The first-order valence-electron chi connectivity index (χ1n) is 7.42. The summed E-state index contributed by atoms with van der Waals surface area (Å²) in [6.07, 6.45) is -0.670. The molecule has 3 rings (SSSR count). The lowest BCUT2D eigenvalue weighted by Gasteiger charge is -2.17. The lowest BCUT2D eigenvalue weighted by molar-refractivity contribution is -0.147. The van der Waals surface area contributed by atoms with Crippen LogP contribution in [0.1, 0.15) is 23.5 Å². The standard InChI is InChI=1S/C18H15NO5/c20-15(21)9-14(18(23)24)19-17(22)16-12-7-3-1-5-10(12)11-6-2-4-8-13(11)16/h1-8,14,16H,9H2,(H,19,22)(H,20,21)(H,23,24)/t14-/m0/s1. The number of carbonyl (C=O) groups excluding carboxylic acids is 1. The molecule has 0 aliphatic heterocycles. The van der Waals surface area contributed by atoms with E-state index in [1.165, 1.54) is 0 Å². The topological polar surface area (TPSA) is 104 Å². The molecule has 1 amide bonds. The van der Waals surface area contributed by atoms with Crippen LogP contribution in [0.4, 0.5) is 0 Å². The Hall–Kier alpha value is -3.15. The van der Waals surface area contributed by atoms with Crippen molar-refractivity contribution >= 4 is 17.8 Å². The molecule has 0 unspecified atom stereocenters. The lowest BCUT2D eigenvalue weighted by atomic mass is 9.95. The van der Waals surface area contributed by atoms with Gasteiger partial charge in [0, 0.05) is 0 Å². The van der Waals surface area contributed by atoms with Gasteiger partial charge in [-0.25, -0.2) is 4.79 Å². The number of amides is 1. The van der Waals surface area contributed by atoms with Crippen LogP contribution < -0.4 is 5.32 Å². The normalized spacial score (nSPS) is 13.7. The molecule has 2 aromatic carbocycles. The van der Waals surface area contributed by atoms with E-state index in [0.29, 0.717) is 0 Å². The molecule has 0 saturated heterocycles. The smallest absolute Gasteiger partial charge is 0.326 e. The molecular weight excluding hydrogens is 310 g/mol. The van der Waals surface area contributed by atoms with Gasteiger partial charge in [-0.3, -0.25) is 9.59 Å². The molecule has 2 aromatic rings. The third-order valence-electron chi connectivity index (χ3n) is 4.09. The molecule has 0 spiro atoms. The van der Waals surface area contributed by atoms with Crippen LogP contribution in [0, 0.1) is 0 Å². The number of aliphatic carboxylic acids is 2. The zero-order valence-corrected chi connectivity index (χ0v) is 12.6. The molecular formula is C18H15NO5. The summed E-state index contributed by atoms with van der Waals surface area (Å²) in [4.78, 5) is 34.7. The van der Waals surface area contributed by atoms with Crippen molar-refractivity contribution in [3.05, 3.63) is 59.7 Å². The highest BCUT2D eigenvalue weighted by Crippen LogP contribution is 2.44. The molecule has 0 saturated carbocycles. The molecule has 1 atom stereocenters. The van der Waals surface area contributed by atoms with Gasteiger partial charge in [0.25, 0.3) is 0 Å². The Bertz CT molecular complexity index is 784. The van der Waals surface area contributed by atoms with Crippen LogP contribution in [0.5, 0.6) is 0 Å². The summed E-state index contributed by atoms with van der Waals surface area (Å²) in [5.74, 6) is -3.81. The minimum Gasteiger partial charge on any atom is -0.481 e. The summed E-state index contributed by atoms with van der Waals surface area (Å²) in [5.41, 5.74) is 3.43. The maximum atomic E-state index is 12.7. The van der Waals surface area contributed by atoms with E-state index in [0.717, 1.165) is 22.3 Å². The van der Waals surface area contributed by atoms with E-state index in [4.69, 9.17) is 10.2 Å². The molecule has 24 heavy (non-hydrogen) atoms. The Morgan fingerprint density at radius 1 is 0.917 bits per heavy atom. The van der Waals surface area contributed by atoms with E-state index in [1.54, 1.807) is 0 Å². The van der Waals surface area contributed by atoms with E-state index in [1.807, 2.05) is 48.5 Å². The van der Waals surface area contributed by atoms with Gasteiger partial charge in [0.2, 0.25) is 5.91 Å².